The number of carbonyl (C=O) groups is 1. The Morgan fingerprint density at radius 3 is 2.95 bits per heavy atom. The molecule has 0 aliphatic carbocycles. The second-order valence-electron chi connectivity index (χ2n) is 4.99. The minimum atomic E-state index is 0.184. The van der Waals surface area contributed by atoms with E-state index >= 15 is 0 Å². The zero-order chi connectivity index (χ0) is 14.8. The smallest absolute Gasteiger partial charge is 0.233 e. The van der Waals surface area contributed by atoms with Gasteiger partial charge in [-0.2, -0.15) is 0 Å². The van der Waals surface area contributed by atoms with Gasteiger partial charge in [0.15, 0.2) is 5.16 Å². The quantitative estimate of drug-likeness (QED) is 0.812. The lowest BCUT2D eigenvalue weighted by molar-refractivity contribution is -0.131. The van der Waals surface area contributed by atoms with Crippen molar-refractivity contribution in [1.29, 1.82) is 0 Å². The fourth-order valence-electron chi connectivity index (χ4n) is 2.22. The minimum absolute atomic E-state index is 0.184. The molecule has 6 heteroatoms. The number of halogens is 1. The van der Waals surface area contributed by atoms with Crippen molar-refractivity contribution in [3.8, 4) is 5.69 Å². The molecular formula is C15H16ClN3OS. The van der Waals surface area contributed by atoms with Crippen LogP contribution < -0.4 is 0 Å². The van der Waals surface area contributed by atoms with Crippen molar-refractivity contribution in [2.75, 3.05) is 18.8 Å². The Morgan fingerprint density at radius 1 is 1.43 bits per heavy atom. The number of carbonyl (C=O) groups excluding carboxylic acids is 1. The van der Waals surface area contributed by atoms with Crippen LogP contribution in [0.15, 0.2) is 35.7 Å². The van der Waals surface area contributed by atoms with E-state index in [-0.39, 0.29) is 5.91 Å². The molecule has 0 N–H and O–H groups in total. The van der Waals surface area contributed by atoms with E-state index in [0.29, 0.717) is 5.75 Å². The summed E-state index contributed by atoms with van der Waals surface area (Å²) in [7, 11) is 0. The molecular weight excluding hydrogens is 306 g/mol. The number of likely N-dealkylation sites (tertiary alicyclic amines) is 1. The van der Waals surface area contributed by atoms with Crippen molar-refractivity contribution >= 4 is 29.3 Å². The predicted molar refractivity (Wildman–Crippen MR) is 85.2 cm³/mol. The maximum atomic E-state index is 11.9. The average molecular weight is 322 g/mol. The van der Waals surface area contributed by atoms with Crippen molar-refractivity contribution in [1.82, 2.24) is 14.5 Å². The molecule has 1 aliphatic rings. The van der Waals surface area contributed by atoms with Crippen LogP contribution in [0.25, 0.3) is 5.69 Å². The summed E-state index contributed by atoms with van der Waals surface area (Å²) < 4.78 is 1.98. The maximum absolute atomic E-state index is 11.9. The van der Waals surface area contributed by atoms with E-state index in [1.54, 1.807) is 6.20 Å². The fraction of sp³-hybridized carbons (Fsp3) is 0.333. The molecule has 2 heterocycles. The Morgan fingerprint density at radius 2 is 2.24 bits per heavy atom. The zero-order valence-corrected chi connectivity index (χ0v) is 13.3. The van der Waals surface area contributed by atoms with Crippen LogP contribution in [0.3, 0.4) is 0 Å². The third kappa shape index (κ3) is 2.94. The molecule has 1 fully saturated rings. The first-order chi connectivity index (χ1) is 10.2. The molecule has 3 rings (SSSR count). The van der Waals surface area contributed by atoms with Gasteiger partial charge in [-0.25, -0.2) is 4.98 Å². The maximum Gasteiger partial charge on any atom is 0.233 e. The summed E-state index contributed by atoms with van der Waals surface area (Å²) in [5.41, 5.74) is 2.01. The van der Waals surface area contributed by atoms with E-state index < -0.39 is 0 Å². The first-order valence-electron chi connectivity index (χ1n) is 6.86. The van der Waals surface area contributed by atoms with E-state index in [9.17, 15) is 4.79 Å². The van der Waals surface area contributed by atoms with Crippen LogP contribution in [0.4, 0.5) is 0 Å². The molecule has 0 atom stereocenters. The van der Waals surface area contributed by atoms with Gasteiger partial charge in [-0.05, 0) is 31.0 Å². The van der Waals surface area contributed by atoms with Crippen LogP contribution in [0.2, 0.25) is 5.02 Å². The average Bonchev–Trinajstić information content (AvgIpc) is 2.86. The van der Waals surface area contributed by atoms with E-state index in [2.05, 4.69) is 4.98 Å². The summed E-state index contributed by atoms with van der Waals surface area (Å²) >= 11 is 7.64. The highest BCUT2D eigenvalue weighted by atomic mass is 35.5. The first-order valence-corrected chi connectivity index (χ1v) is 8.22. The highest BCUT2D eigenvalue weighted by molar-refractivity contribution is 7.99. The van der Waals surface area contributed by atoms with Gasteiger partial charge >= 0.3 is 0 Å². The molecule has 1 aliphatic heterocycles. The van der Waals surface area contributed by atoms with Crippen molar-refractivity contribution in [3.63, 3.8) is 0 Å². The van der Waals surface area contributed by atoms with Crippen LogP contribution in [0, 0.1) is 6.92 Å². The van der Waals surface area contributed by atoms with Crippen molar-refractivity contribution < 1.29 is 4.79 Å². The Bertz CT molecular complexity index is 667. The number of nitrogens with zero attached hydrogens (tertiary/aromatic N) is 3. The normalized spacial score (nSPS) is 14.1. The van der Waals surface area contributed by atoms with Crippen LogP contribution in [-0.4, -0.2) is 39.2 Å². The fourth-order valence-corrected chi connectivity index (χ4v) is 3.26. The van der Waals surface area contributed by atoms with E-state index in [1.807, 2.05) is 40.8 Å². The van der Waals surface area contributed by atoms with Gasteiger partial charge in [-0.15, -0.1) is 0 Å². The molecule has 21 heavy (non-hydrogen) atoms. The van der Waals surface area contributed by atoms with Crippen LogP contribution in [0.5, 0.6) is 0 Å². The number of imidazole rings is 1. The van der Waals surface area contributed by atoms with E-state index in [1.165, 1.54) is 11.8 Å². The minimum Gasteiger partial charge on any atom is -0.342 e. The van der Waals surface area contributed by atoms with Gasteiger partial charge in [0.1, 0.15) is 0 Å². The molecule has 0 radical (unpaired) electrons. The van der Waals surface area contributed by atoms with Gasteiger partial charge < -0.3 is 4.90 Å². The topological polar surface area (TPSA) is 38.1 Å². The summed E-state index contributed by atoms with van der Waals surface area (Å²) in [6, 6.07) is 5.80. The third-order valence-electron chi connectivity index (χ3n) is 3.64. The number of rotatable bonds is 4. The Balaban J connectivity index is 1.77. The molecule has 0 unspecified atom stereocenters. The molecule has 1 aromatic carbocycles. The third-order valence-corrected chi connectivity index (χ3v) is 5.00. The molecule has 1 amide bonds. The largest absolute Gasteiger partial charge is 0.342 e. The van der Waals surface area contributed by atoms with Gasteiger partial charge in [0, 0.05) is 30.5 Å². The Hall–Kier alpha value is -1.46. The predicted octanol–water partition coefficient (Wildman–Crippen LogP) is 3.16. The molecule has 0 bridgehead atoms. The summed E-state index contributed by atoms with van der Waals surface area (Å²) in [5.74, 6) is 0.611. The lowest BCUT2D eigenvalue weighted by Crippen LogP contribution is -2.43. The number of amides is 1. The number of benzene rings is 1. The summed E-state index contributed by atoms with van der Waals surface area (Å²) in [6.07, 6.45) is 4.76. The first kappa shape index (κ1) is 14.5. The van der Waals surface area contributed by atoms with Gasteiger partial charge in [0.05, 0.1) is 11.4 Å². The monoisotopic (exact) mass is 321 g/mol. The van der Waals surface area contributed by atoms with Gasteiger partial charge in [0.2, 0.25) is 5.91 Å². The highest BCUT2D eigenvalue weighted by Gasteiger charge is 2.20. The standard InChI is InChI=1S/C15H16ClN3OS/c1-11-12(16)4-2-5-13(11)19-9-6-17-15(19)21-10-14(20)18-7-3-8-18/h2,4-6,9H,3,7-8,10H2,1H3. The van der Waals surface area contributed by atoms with Gasteiger partial charge in [-0.1, -0.05) is 29.4 Å². The number of hydrogen-bond acceptors (Lipinski definition) is 3. The molecule has 1 saturated heterocycles. The Kier molecular flexibility index (Phi) is 4.22. The molecule has 1 aromatic heterocycles. The summed E-state index contributed by atoms with van der Waals surface area (Å²) in [5, 5.41) is 1.54. The number of thioether (sulfide) groups is 1. The molecule has 110 valence electrons. The van der Waals surface area contributed by atoms with Crippen LogP contribution in [-0.2, 0) is 4.79 Å². The molecule has 2 aromatic rings. The molecule has 4 nitrogen and oxygen atoms in total. The SMILES string of the molecule is Cc1c(Cl)cccc1-n1ccnc1SCC(=O)N1CCC1. The van der Waals surface area contributed by atoms with Crippen molar-refractivity contribution in [2.45, 2.75) is 18.5 Å². The zero-order valence-electron chi connectivity index (χ0n) is 11.8. The highest BCUT2D eigenvalue weighted by Crippen LogP contribution is 2.26. The number of hydrogen-bond donors (Lipinski definition) is 0. The second kappa shape index (κ2) is 6.12. The van der Waals surface area contributed by atoms with Gasteiger partial charge in [-0.3, -0.25) is 9.36 Å². The molecule has 0 spiro atoms. The lowest BCUT2D eigenvalue weighted by atomic mass is 10.2. The van der Waals surface area contributed by atoms with Gasteiger partial charge in [0.25, 0.3) is 0 Å². The lowest BCUT2D eigenvalue weighted by Gasteiger charge is -2.30. The van der Waals surface area contributed by atoms with E-state index in [0.717, 1.165) is 40.9 Å². The number of aromatic nitrogens is 2. The molecule has 0 saturated carbocycles. The van der Waals surface area contributed by atoms with E-state index in [4.69, 9.17) is 11.6 Å². The van der Waals surface area contributed by atoms with Crippen molar-refractivity contribution in [3.05, 3.63) is 41.2 Å². The van der Waals surface area contributed by atoms with Crippen LogP contribution in [0.1, 0.15) is 12.0 Å². The van der Waals surface area contributed by atoms with Crippen LogP contribution >= 0.6 is 23.4 Å². The second-order valence-corrected chi connectivity index (χ2v) is 6.34. The summed E-state index contributed by atoms with van der Waals surface area (Å²) in [4.78, 5) is 18.2. The summed E-state index contributed by atoms with van der Waals surface area (Å²) in [6.45, 7) is 3.76. The Labute approximate surface area is 133 Å². The van der Waals surface area contributed by atoms with Crippen molar-refractivity contribution in [2.24, 2.45) is 0 Å².